The highest BCUT2D eigenvalue weighted by atomic mass is 15.1. The van der Waals surface area contributed by atoms with E-state index in [-0.39, 0.29) is 0 Å². The predicted octanol–water partition coefficient (Wildman–Crippen LogP) is 8.75. The fourth-order valence-corrected chi connectivity index (χ4v) is 4.09. The Bertz CT molecular complexity index is 1240. The van der Waals surface area contributed by atoms with Gasteiger partial charge in [0.25, 0.3) is 0 Å². The Morgan fingerprint density at radius 1 is 0.424 bits per heavy atom. The lowest BCUT2D eigenvalue weighted by Gasteiger charge is -2.25. The summed E-state index contributed by atoms with van der Waals surface area (Å²) in [6, 6.07) is 50.9. The molecule has 0 fully saturated rings. The number of hydrogen-bond acceptors (Lipinski definition) is 1. The zero-order valence-corrected chi connectivity index (χ0v) is 18.4. The van der Waals surface area contributed by atoms with Crippen LogP contribution in [0.1, 0.15) is 16.7 Å². The minimum atomic E-state index is 1.13. The van der Waals surface area contributed by atoms with Crippen LogP contribution in [0.25, 0.3) is 11.6 Å². The quantitative estimate of drug-likeness (QED) is 0.247. The molecule has 0 aromatic heterocycles. The maximum atomic E-state index is 2.29. The number of hydrogen-bond donors (Lipinski definition) is 0. The second-order valence-electron chi connectivity index (χ2n) is 7.89. The summed E-state index contributed by atoms with van der Waals surface area (Å²) in [5.41, 5.74) is 8.18. The fourth-order valence-electron chi connectivity index (χ4n) is 4.09. The van der Waals surface area contributed by atoms with Gasteiger partial charge in [0.1, 0.15) is 0 Å². The first-order valence-electron chi connectivity index (χ1n) is 11.2. The van der Waals surface area contributed by atoms with Gasteiger partial charge in [-0.1, -0.05) is 109 Å². The maximum absolute atomic E-state index is 2.29. The molecule has 0 amide bonds. The molecule has 0 aliphatic heterocycles. The molecule has 1 nitrogen and oxygen atoms in total. The van der Waals surface area contributed by atoms with E-state index >= 15 is 0 Å². The van der Waals surface area contributed by atoms with Crippen LogP contribution in [0.15, 0.2) is 146 Å². The normalized spacial score (nSPS) is 10.4. The van der Waals surface area contributed by atoms with Crippen LogP contribution in [-0.4, -0.2) is 0 Å². The summed E-state index contributed by atoms with van der Waals surface area (Å²) < 4.78 is 0. The smallest absolute Gasteiger partial charge is 0.0467 e. The molecular formula is C32H25N. The lowest BCUT2D eigenvalue weighted by atomic mass is 9.95. The zero-order chi connectivity index (χ0) is 22.3. The molecule has 0 aliphatic carbocycles. The molecule has 0 bridgehead atoms. The molecule has 0 spiro atoms. The molecule has 0 heterocycles. The summed E-state index contributed by atoms with van der Waals surface area (Å²) in [7, 11) is 0. The molecular weight excluding hydrogens is 398 g/mol. The Labute approximate surface area is 195 Å². The Morgan fingerprint density at radius 3 is 1.33 bits per heavy atom. The number of nitrogens with zero attached hydrogens (tertiary/aromatic N) is 1. The maximum Gasteiger partial charge on any atom is 0.0467 e. The molecule has 5 aromatic carbocycles. The van der Waals surface area contributed by atoms with Crippen molar-refractivity contribution in [3.8, 4) is 0 Å². The van der Waals surface area contributed by atoms with Crippen LogP contribution in [-0.2, 0) is 0 Å². The molecule has 5 aromatic rings. The van der Waals surface area contributed by atoms with E-state index in [9.17, 15) is 0 Å². The first kappa shape index (κ1) is 20.5. The highest BCUT2D eigenvalue weighted by Gasteiger charge is 2.12. The highest BCUT2D eigenvalue weighted by molar-refractivity contribution is 5.92. The van der Waals surface area contributed by atoms with Crippen LogP contribution in [0.2, 0.25) is 0 Å². The van der Waals surface area contributed by atoms with Crippen molar-refractivity contribution in [3.63, 3.8) is 0 Å². The van der Waals surface area contributed by atoms with Crippen LogP contribution < -0.4 is 4.90 Å². The molecule has 33 heavy (non-hydrogen) atoms. The Morgan fingerprint density at radius 2 is 0.848 bits per heavy atom. The van der Waals surface area contributed by atoms with Gasteiger partial charge >= 0.3 is 0 Å². The minimum Gasteiger partial charge on any atom is -0.310 e. The summed E-state index contributed by atoms with van der Waals surface area (Å²) in [6.45, 7) is 0. The molecule has 158 valence electrons. The van der Waals surface area contributed by atoms with Crippen molar-refractivity contribution >= 4 is 28.7 Å². The van der Waals surface area contributed by atoms with E-state index in [1.54, 1.807) is 0 Å². The lowest BCUT2D eigenvalue weighted by molar-refractivity contribution is 1.28. The summed E-state index contributed by atoms with van der Waals surface area (Å²) in [5, 5.41) is 0. The third-order valence-corrected chi connectivity index (χ3v) is 5.64. The van der Waals surface area contributed by atoms with Gasteiger partial charge in [-0.05, 0) is 64.7 Å². The Hall–Kier alpha value is -4.36. The SMILES string of the molecule is C(=C(c1ccccc1)c1ccccc1)c1cccc(N(c2ccccc2)c2ccccc2)c1. The summed E-state index contributed by atoms with van der Waals surface area (Å²) in [4.78, 5) is 2.29. The van der Waals surface area contributed by atoms with E-state index < -0.39 is 0 Å². The third kappa shape index (κ3) is 4.78. The molecule has 0 saturated carbocycles. The van der Waals surface area contributed by atoms with E-state index in [4.69, 9.17) is 0 Å². The molecule has 0 atom stereocenters. The van der Waals surface area contributed by atoms with E-state index in [0.29, 0.717) is 0 Å². The van der Waals surface area contributed by atoms with Crippen molar-refractivity contribution in [2.75, 3.05) is 4.90 Å². The minimum absolute atomic E-state index is 1.13. The molecule has 0 saturated heterocycles. The van der Waals surface area contributed by atoms with Crippen LogP contribution >= 0.6 is 0 Å². The molecule has 0 radical (unpaired) electrons. The van der Waals surface area contributed by atoms with Crippen LogP contribution in [0.4, 0.5) is 17.1 Å². The monoisotopic (exact) mass is 423 g/mol. The van der Waals surface area contributed by atoms with Gasteiger partial charge in [-0.25, -0.2) is 0 Å². The van der Waals surface area contributed by atoms with E-state index in [0.717, 1.165) is 22.6 Å². The Balaban J connectivity index is 1.62. The summed E-state index contributed by atoms with van der Waals surface area (Å²) in [5.74, 6) is 0. The van der Waals surface area contributed by atoms with Crippen LogP contribution in [0.5, 0.6) is 0 Å². The average Bonchev–Trinajstić information content (AvgIpc) is 2.90. The second-order valence-corrected chi connectivity index (χ2v) is 7.89. The number of para-hydroxylation sites is 2. The van der Waals surface area contributed by atoms with Gasteiger partial charge in [-0.2, -0.15) is 0 Å². The van der Waals surface area contributed by atoms with Gasteiger partial charge < -0.3 is 4.90 Å². The molecule has 0 unspecified atom stereocenters. The van der Waals surface area contributed by atoms with Gasteiger partial charge in [0.05, 0.1) is 0 Å². The summed E-state index contributed by atoms with van der Waals surface area (Å²) >= 11 is 0. The molecule has 0 N–H and O–H groups in total. The lowest BCUT2D eigenvalue weighted by Crippen LogP contribution is -2.09. The van der Waals surface area contributed by atoms with Gasteiger partial charge in [-0.3, -0.25) is 0 Å². The van der Waals surface area contributed by atoms with Crippen molar-refractivity contribution in [2.24, 2.45) is 0 Å². The number of anilines is 3. The standard InChI is InChI=1S/C32H25N/c1-5-15-27(16-6-1)32(28-17-7-2-8-18-28)25-26-14-13-23-31(24-26)33(29-19-9-3-10-20-29)30-21-11-4-12-22-30/h1-25H. The highest BCUT2D eigenvalue weighted by Crippen LogP contribution is 2.35. The van der Waals surface area contributed by atoms with Crippen molar-refractivity contribution in [3.05, 3.63) is 162 Å². The third-order valence-electron chi connectivity index (χ3n) is 5.64. The van der Waals surface area contributed by atoms with Gasteiger partial charge in [0.15, 0.2) is 0 Å². The zero-order valence-electron chi connectivity index (χ0n) is 18.4. The first-order valence-corrected chi connectivity index (χ1v) is 11.2. The number of rotatable bonds is 6. The van der Waals surface area contributed by atoms with Crippen molar-refractivity contribution in [2.45, 2.75) is 0 Å². The molecule has 0 aliphatic rings. The van der Waals surface area contributed by atoms with Crippen molar-refractivity contribution < 1.29 is 0 Å². The van der Waals surface area contributed by atoms with Crippen LogP contribution in [0.3, 0.4) is 0 Å². The van der Waals surface area contributed by atoms with Gasteiger partial charge in [0, 0.05) is 17.1 Å². The topological polar surface area (TPSA) is 3.24 Å². The van der Waals surface area contributed by atoms with E-state index in [1.165, 1.54) is 16.7 Å². The second kappa shape index (κ2) is 9.84. The largest absolute Gasteiger partial charge is 0.310 e. The number of benzene rings is 5. The van der Waals surface area contributed by atoms with Crippen LogP contribution in [0, 0.1) is 0 Å². The predicted molar refractivity (Wildman–Crippen MR) is 141 cm³/mol. The van der Waals surface area contributed by atoms with Gasteiger partial charge in [-0.15, -0.1) is 0 Å². The first-order chi connectivity index (χ1) is 16.4. The fraction of sp³-hybridized carbons (Fsp3) is 0. The average molecular weight is 424 g/mol. The molecule has 1 heteroatoms. The van der Waals surface area contributed by atoms with Crippen molar-refractivity contribution in [1.29, 1.82) is 0 Å². The van der Waals surface area contributed by atoms with Crippen molar-refractivity contribution in [1.82, 2.24) is 0 Å². The van der Waals surface area contributed by atoms with E-state index in [1.807, 2.05) is 0 Å². The summed E-state index contributed by atoms with van der Waals surface area (Å²) in [6.07, 6.45) is 2.28. The Kier molecular flexibility index (Phi) is 6.13. The molecule has 5 rings (SSSR count). The van der Waals surface area contributed by atoms with Gasteiger partial charge in [0.2, 0.25) is 0 Å². The van der Waals surface area contributed by atoms with E-state index in [2.05, 4.69) is 157 Å².